The molecule has 0 aliphatic heterocycles. The van der Waals surface area contributed by atoms with Gasteiger partial charge in [-0.2, -0.15) is 0 Å². The van der Waals surface area contributed by atoms with Crippen LogP contribution < -0.4 is 0 Å². The Balaban J connectivity index is 1.81. The minimum atomic E-state index is 0.822. The van der Waals surface area contributed by atoms with Crippen molar-refractivity contribution in [3.8, 4) is 0 Å². The van der Waals surface area contributed by atoms with Crippen LogP contribution >= 0.6 is 0 Å². The second-order valence-electron chi connectivity index (χ2n) is 12.6. The third-order valence-corrected chi connectivity index (χ3v) is 8.98. The lowest BCUT2D eigenvalue weighted by Crippen LogP contribution is -2.27. The van der Waals surface area contributed by atoms with E-state index in [-0.39, 0.29) is 0 Å². The lowest BCUT2D eigenvalue weighted by atomic mass is 9.99. The third-order valence-electron chi connectivity index (χ3n) is 8.98. The first-order chi connectivity index (χ1) is 17.2. The molecule has 0 spiro atoms. The van der Waals surface area contributed by atoms with Crippen molar-refractivity contribution in [2.24, 2.45) is 11.8 Å². The molecule has 1 aliphatic rings. The predicted molar refractivity (Wildman–Crippen MR) is 160 cm³/mol. The molecule has 35 heavy (non-hydrogen) atoms. The van der Waals surface area contributed by atoms with Crippen LogP contribution in [0.2, 0.25) is 0 Å². The highest BCUT2D eigenvalue weighted by molar-refractivity contribution is 4.85. The summed E-state index contributed by atoms with van der Waals surface area (Å²) in [5, 5.41) is 0. The van der Waals surface area contributed by atoms with Crippen molar-refractivity contribution >= 4 is 0 Å². The summed E-state index contributed by atoms with van der Waals surface area (Å²) < 4.78 is 0. The van der Waals surface area contributed by atoms with Gasteiger partial charge in [0.15, 0.2) is 0 Å². The van der Waals surface area contributed by atoms with Gasteiger partial charge < -0.3 is 4.90 Å². The average molecular weight is 492 g/mol. The molecule has 0 aromatic carbocycles. The van der Waals surface area contributed by atoms with Crippen LogP contribution in [0.25, 0.3) is 0 Å². The van der Waals surface area contributed by atoms with Gasteiger partial charge in [-0.3, -0.25) is 0 Å². The Morgan fingerprint density at radius 1 is 0.457 bits per heavy atom. The van der Waals surface area contributed by atoms with Crippen LogP contribution in [-0.2, 0) is 0 Å². The van der Waals surface area contributed by atoms with Gasteiger partial charge in [-0.15, -0.1) is 0 Å². The fourth-order valence-electron chi connectivity index (χ4n) is 6.23. The number of hydrogen-bond donors (Lipinski definition) is 0. The van der Waals surface area contributed by atoms with Crippen LogP contribution in [0, 0.1) is 11.8 Å². The molecule has 0 bridgehead atoms. The van der Waals surface area contributed by atoms with E-state index in [0.29, 0.717) is 0 Å². The first-order valence-corrected chi connectivity index (χ1v) is 16.8. The van der Waals surface area contributed by atoms with Crippen molar-refractivity contribution in [3.63, 3.8) is 0 Å². The molecule has 0 saturated heterocycles. The van der Waals surface area contributed by atoms with Crippen LogP contribution in [0.4, 0.5) is 0 Å². The summed E-state index contributed by atoms with van der Waals surface area (Å²) >= 11 is 0. The van der Waals surface area contributed by atoms with Gasteiger partial charge in [0, 0.05) is 6.04 Å². The SMILES string of the molecule is CCCCCCCCCC(CCCCCCCCCCCC1CC1CCCCCCCC)N(C)C. The topological polar surface area (TPSA) is 3.24 Å². The highest BCUT2D eigenvalue weighted by atomic mass is 15.1. The Kier molecular flexibility index (Phi) is 22.9. The summed E-state index contributed by atoms with van der Waals surface area (Å²) in [4.78, 5) is 2.50. The van der Waals surface area contributed by atoms with Crippen LogP contribution in [0.3, 0.4) is 0 Å². The van der Waals surface area contributed by atoms with Gasteiger partial charge >= 0.3 is 0 Å². The molecule has 1 saturated carbocycles. The van der Waals surface area contributed by atoms with Gasteiger partial charge in [0.2, 0.25) is 0 Å². The second-order valence-corrected chi connectivity index (χ2v) is 12.6. The van der Waals surface area contributed by atoms with Crippen LogP contribution in [-0.4, -0.2) is 25.0 Å². The maximum Gasteiger partial charge on any atom is 0.00891 e. The van der Waals surface area contributed by atoms with Crippen molar-refractivity contribution in [1.82, 2.24) is 4.90 Å². The molecular weight excluding hydrogens is 422 g/mol. The monoisotopic (exact) mass is 492 g/mol. The molecule has 1 heteroatoms. The van der Waals surface area contributed by atoms with Crippen LogP contribution in [0.15, 0.2) is 0 Å². The van der Waals surface area contributed by atoms with Crippen LogP contribution in [0.5, 0.6) is 0 Å². The lowest BCUT2D eigenvalue weighted by Gasteiger charge is -2.24. The molecule has 0 amide bonds. The number of nitrogens with zero attached hydrogens (tertiary/aromatic N) is 1. The minimum Gasteiger partial charge on any atom is -0.306 e. The molecule has 0 radical (unpaired) electrons. The zero-order chi connectivity index (χ0) is 25.4. The molecule has 0 aromatic heterocycles. The normalized spacial score (nSPS) is 18.4. The van der Waals surface area contributed by atoms with Gasteiger partial charge in [-0.25, -0.2) is 0 Å². The Labute approximate surface area is 224 Å². The standard InChI is InChI=1S/C34H69N/c1-5-7-9-11-16-21-25-29-34(35(3)4)30-26-22-18-15-13-14-17-20-24-28-33-31-32(33)27-23-19-12-10-8-6-2/h32-34H,5-31H2,1-4H3. The largest absolute Gasteiger partial charge is 0.306 e. The average Bonchev–Trinajstić information content (AvgIpc) is 3.60. The van der Waals surface area contributed by atoms with E-state index in [1.54, 1.807) is 19.3 Å². The highest BCUT2D eigenvalue weighted by Crippen LogP contribution is 2.45. The van der Waals surface area contributed by atoms with Gasteiger partial charge in [0.1, 0.15) is 0 Å². The first kappa shape index (κ1) is 33.0. The molecule has 0 aromatic rings. The summed E-state index contributed by atoms with van der Waals surface area (Å²) in [5.74, 6) is 2.26. The zero-order valence-electron chi connectivity index (χ0n) is 25.3. The molecule has 3 unspecified atom stereocenters. The summed E-state index contributed by atoms with van der Waals surface area (Å²) in [5.41, 5.74) is 0. The van der Waals surface area contributed by atoms with E-state index < -0.39 is 0 Å². The third kappa shape index (κ3) is 20.7. The molecule has 0 heterocycles. The van der Waals surface area contributed by atoms with Crippen LogP contribution in [0.1, 0.15) is 187 Å². The van der Waals surface area contributed by atoms with Crippen molar-refractivity contribution in [2.75, 3.05) is 14.1 Å². The molecule has 3 atom stereocenters. The van der Waals surface area contributed by atoms with Gasteiger partial charge in [0.25, 0.3) is 0 Å². The zero-order valence-corrected chi connectivity index (χ0v) is 25.3. The van der Waals surface area contributed by atoms with Crippen molar-refractivity contribution < 1.29 is 0 Å². The maximum absolute atomic E-state index is 2.50. The Bertz CT molecular complexity index is 417. The molecular formula is C34H69N. The molecule has 210 valence electrons. The van der Waals surface area contributed by atoms with Crippen molar-refractivity contribution in [1.29, 1.82) is 0 Å². The minimum absolute atomic E-state index is 0.822. The number of hydrogen-bond acceptors (Lipinski definition) is 1. The summed E-state index contributed by atoms with van der Waals surface area (Å²) in [6.07, 6.45) is 39.7. The Morgan fingerprint density at radius 2 is 0.771 bits per heavy atom. The summed E-state index contributed by atoms with van der Waals surface area (Å²) in [6, 6.07) is 0.822. The van der Waals surface area contributed by atoms with E-state index in [1.807, 2.05) is 0 Å². The maximum atomic E-state index is 2.50. The molecule has 1 nitrogen and oxygen atoms in total. The van der Waals surface area contributed by atoms with E-state index in [0.717, 1.165) is 17.9 Å². The van der Waals surface area contributed by atoms with Gasteiger partial charge in [-0.05, 0) is 45.2 Å². The number of unbranched alkanes of at least 4 members (excludes halogenated alkanes) is 19. The fraction of sp³-hybridized carbons (Fsp3) is 1.00. The molecule has 0 N–H and O–H groups in total. The molecule has 1 rings (SSSR count). The van der Waals surface area contributed by atoms with Crippen molar-refractivity contribution in [2.45, 2.75) is 193 Å². The quantitative estimate of drug-likeness (QED) is 0.0983. The highest BCUT2D eigenvalue weighted by Gasteiger charge is 2.34. The lowest BCUT2D eigenvalue weighted by molar-refractivity contribution is 0.251. The van der Waals surface area contributed by atoms with Crippen molar-refractivity contribution in [3.05, 3.63) is 0 Å². The fourth-order valence-corrected chi connectivity index (χ4v) is 6.23. The van der Waals surface area contributed by atoms with E-state index in [2.05, 4.69) is 32.8 Å². The smallest absolute Gasteiger partial charge is 0.00891 e. The summed E-state index contributed by atoms with van der Waals surface area (Å²) in [6.45, 7) is 4.62. The Hall–Kier alpha value is -0.0400. The van der Waals surface area contributed by atoms with E-state index in [4.69, 9.17) is 0 Å². The number of rotatable bonds is 28. The van der Waals surface area contributed by atoms with Gasteiger partial charge in [-0.1, -0.05) is 168 Å². The van der Waals surface area contributed by atoms with Gasteiger partial charge in [0.05, 0.1) is 0 Å². The summed E-state index contributed by atoms with van der Waals surface area (Å²) in [7, 11) is 4.59. The molecule has 1 aliphatic carbocycles. The predicted octanol–water partition coefficient (Wildman–Crippen LogP) is 11.7. The molecule has 1 fully saturated rings. The first-order valence-electron chi connectivity index (χ1n) is 16.8. The second kappa shape index (κ2) is 24.3. The van der Waals surface area contributed by atoms with E-state index in [9.17, 15) is 0 Å². The Morgan fingerprint density at radius 3 is 1.11 bits per heavy atom. The van der Waals surface area contributed by atoms with E-state index in [1.165, 1.54) is 154 Å². The van der Waals surface area contributed by atoms with E-state index >= 15 is 0 Å².